The molecule has 1 aromatic carbocycles. The molecule has 0 aliphatic heterocycles. The second kappa shape index (κ2) is 35.5. The van der Waals surface area contributed by atoms with E-state index in [1.807, 2.05) is 0 Å². The van der Waals surface area contributed by atoms with Gasteiger partial charge < -0.3 is 79.1 Å². The van der Waals surface area contributed by atoms with Crippen molar-refractivity contribution in [2.24, 2.45) is 17.6 Å². The summed E-state index contributed by atoms with van der Waals surface area (Å²) >= 11 is 6.82. The third kappa shape index (κ3) is 25.0. The molecule has 0 heterocycles. The topological polar surface area (TPSA) is 423 Å². The van der Waals surface area contributed by atoms with Gasteiger partial charge in [0.25, 0.3) is 0 Å². The predicted octanol–water partition coefficient (Wildman–Crippen LogP) is -2.89. The van der Waals surface area contributed by atoms with Crippen LogP contribution in [0.4, 0.5) is 0 Å². The van der Waals surface area contributed by atoms with E-state index >= 15 is 0 Å². The molecule has 9 amide bonds. The van der Waals surface area contributed by atoms with Crippen LogP contribution in [0.2, 0.25) is 0 Å². The summed E-state index contributed by atoms with van der Waals surface area (Å²) in [4.78, 5) is 144. The summed E-state index contributed by atoms with van der Waals surface area (Å²) in [5, 5.41) is 70.8. The van der Waals surface area contributed by atoms with Gasteiger partial charge in [0, 0.05) is 5.75 Å². The number of aliphatic carboxylic acids is 2. The van der Waals surface area contributed by atoms with Crippen LogP contribution in [0, 0.1) is 11.8 Å². The third-order valence-electron chi connectivity index (χ3n) is 11.8. The maximum Gasteiger partial charge on any atom is 0.326 e. The molecule has 77 heavy (non-hydrogen) atoms. The Morgan fingerprint density at radius 2 is 1.03 bits per heavy atom. The number of aromatic hydroxyl groups is 1. The van der Waals surface area contributed by atoms with Gasteiger partial charge in [-0.05, 0) is 93.1 Å². The average molecular weight is 1150 g/mol. The summed E-state index contributed by atoms with van der Waals surface area (Å²) in [7, 11) is 0. The van der Waals surface area contributed by atoms with Gasteiger partial charge in [0.1, 0.15) is 60.1 Å². The molecular formula is C48H78N10O16S3. The fourth-order valence-electron chi connectivity index (χ4n) is 7.09. The summed E-state index contributed by atoms with van der Waals surface area (Å²) in [6, 6.07) is -8.45. The molecule has 0 aliphatic carbocycles. The Kier molecular flexibility index (Phi) is 31.9. The predicted molar refractivity (Wildman–Crippen MR) is 290 cm³/mol. The summed E-state index contributed by atoms with van der Waals surface area (Å²) in [5.74, 6) is -11.8. The van der Waals surface area contributed by atoms with Crippen LogP contribution in [0.15, 0.2) is 24.3 Å². The molecule has 0 fully saturated rings. The smallest absolute Gasteiger partial charge is 0.326 e. The number of carboxylic acids is 2. The van der Waals surface area contributed by atoms with E-state index in [1.165, 1.54) is 42.6 Å². The maximum absolute atomic E-state index is 13.9. The van der Waals surface area contributed by atoms with Crippen LogP contribution in [-0.4, -0.2) is 194 Å². The van der Waals surface area contributed by atoms with Gasteiger partial charge in [0.2, 0.25) is 53.2 Å². The van der Waals surface area contributed by atoms with Gasteiger partial charge in [-0.3, -0.25) is 47.9 Å². The molecule has 29 heteroatoms. The summed E-state index contributed by atoms with van der Waals surface area (Å²) in [5.41, 5.74) is 6.84. The highest BCUT2D eigenvalue weighted by molar-refractivity contribution is 7.98. The van der Waals surface area contributed by atoms with E-state index in [2.05, 4.69) is 60.5 Å². The molecule has 12 atom stereocenters. The Hall–Kier alpha value is -5.88. The van der Waals surface area contributed by atoms with E-state index in [4.69, 9.17) is 5.73 Å². The fourth-order valence-corrected chi connectivity index (χ4v) is 8.29. The number of hydrogen-bond acceptors (Lipinski definition) is 18. The number of benzene rings is 1. The molecule has 434 valence electrons. The van der Waals surface area contributed by atoms with Crippen molar-refractivity contribution in [3.63, 3.8) is 0 Å². The third-order valence-corrected chi connectivity index (χ3v) is 13.4. The van der Waals surface area contributed by atoms with Crippen LogP contribution >= 0.6 is 36.2 Å². The van der Waals surface area contributed by atoms with E-state index in [-0.39, 0.29) is 48.9 Å². The molecule has 0 saturated heterocycles. The van der Waals surface area contributed by atoms with Crippen LogP contribution in [0.25, 0.3) is 0 Å². The Labute approximate surface area is 461 Å². The van der Waals surface area contributed by atoms with Gasteiger partial charge in [0.15, 0.2) is 0 Å². The number of aliphatic hydroxyl groups excluding tert-OH is 2. The second-order valence-corrected chi connectivity index (χ2v) is 21.0. The molecule has 0 bridgehead atoms. The standard InChI is InChI=1S/C48H78N10O16S3/c1-9-24(4)37(57-40(65)29(49)19-27-10-12-28(61)13-11-27)46(71)52-31(15-17-77-8)42(67)58-38(26(6)60)47(72)56-35(22-75)45(70)51-30(14-16-76-7)41(66)55-34(21-59)44(69)50-25(5)39(64)53-32(20-36(62)63)43(68)54-33(48(73)74)18-23(2)3/h10-13,23-26,29-35,37-38,59-61,75H,9,14-22,49H2,1-8H3,(H,50,69)(H,51,70)(H,52,71)(H,53,64)(H,54,68)(H,55,66)(H,56,72)(H,57,65)(H,58,67)(H,62,63)(H,73,74)/t24-,25-,26+,29-,30-,31-,32-,33-,34-,35-,37-,38-/m0/s1. The Balaban J connectivity index is 3.17. The highest BCUT2D eigenvalue weighted by Gasteiger charge is 2.37. The lowest BCUT2D eigenvalue weighted by Crippen LogP contribution is -2.62. The van der Waals surface area contributed by atoms with Crippen LogP contribution in [0.5, 0.6) is 5.75 Å². The monoisotopic (exact) mass is 1150 g/mol. The number of phenols is 1. The molecule has 1 aromatic rings. The number of rotatable bonds is 36. The van der Waals surface area contributed by atoms with E-state index in [9.17, 15) is 78.3 Å². The molecular weight excluding hydrogens is 1070 g/mol. The zero-order chi connectivity index (χ0) is 58.7. The van der Waals surface area contributed by atoms with Crippen LogP contribution in [-0.2, 0) is 59.2 Å². The van der Waals surface area contributed by atoms with Gasteiger partial charge in [-0.25, -0.2) is 4.79 Å². The first-order valence-corrected chi connectivity index (χ1v) is 28.2. The van der Waals surface area contributed by atoms with Crippen LogP contribution < -0.4 is 53.6 Å². The minimum absolute atomic E-state index is 0.00556. The number of aliphatic hydroxyl groups is 2. The van der Waals surface area contributed by atoms with Crippen molar-refractivity contribution in [3.8, 4) is 5.75 Å². The number of nitrogens with one attached hydrogen (secondary N) is 9. The molecule has 0 unspecified atom stereocenters. The zero-order valence-corrected chi connectivity index (χ0v) is 47.0. The molecule has 0 saturated carbocycles. The van der Waals surface area contributed by atoms with Crippen molar-refractivity contribution in [2.45, 2.75) is 147 Å². The van der Waals surface area contributed by atoms with Gasteiger partial charge in [-0.1, -0.05) is 46.2 Å². The van der Waals surface area contributed by atoms with Gasteiger partial charge in [-0.15, -0.1) is 0 Å². The number of amides is 9. The first-order valence-electron chi connectivity index (χ1n) is 24.7. The quantitative estimate of drug-likeness (QED) is 0.0300. The van der Waals surface area contributed by atoms with Gasteiger partial charge in [-0.2, -0.15) is 36.2 Å². The van der Waals surface area contributed by atoms with E-state index in [1.54, 1.807) is 52.3 Å². The van der Waals surface area contributed by atoms with E-state index in [0.717, 1.165) is 6.92 Å². The number of carbonyl (C=O) groups is 11. The Morgan fingerprint density at radius 3 is 1.51 bits per heavy atom. The maximum atomic E-state index is 13.9. The summed E-state index contributed by atoms with van der Waals surface area (Å²) < 4.78 is 0. The fraction of sp³-hybridized carbons (Fsp3) is 0.646. The van der Waals surface area contributed by atoms with Crippen LogP contribution in [0.1, 0.15) is 79.2 Å². The van der Waals surface area contributed by atoms with Crippen molar-refractivity contribution in [3.05, 3.63) is 29.8 Å². The van der Waals surface area contributed by atoms with Crippen LogP contribution in [0.3, 0.4) is 0 Å². The minimum Gasteiger partial charge on any atom is -0.508 e. The zero-order valence-electron chi connectivity index (χ0n) is 44.5. The second-order valence-electron chi connectivity index (χ2n) is 18.7. The highest BCUT2D eigenvalue weighted by atomic mass is 32.2. The number of carbonyl (C=O) groups excluding carboxylic acids is 9. The first kappa shape index (κ1) is 69.1. The molecule has 26 nitrogen and oxygen atoms in total. The molecule has 16 N–H and O–H groups in total. The SMILES string of the molecule is CC[C@H](C)[C@H](NC(=O)[C@@H](N)Cc1ccc(O)cc1)C(=O)N[C@@H](CCSC)C(=O)N[C@H](C(=O)N[C@@H](CS)C(=O)N[C@@H](CCSC)C(=O)N[C@@H](CO)C(=O)N[C@@H](C)C(=O)N[C@@H](CC(=O)O)C(=O)N[C@@H](CC(C)C)C(=O)O)[C@@H](C)O. The lowest BCUT2D eigenvalue weighted by atomic mass is 9.96. The molecule has 0 aromatic heterocycles. The van der Waals surface area contributed by atoms with Crippen molar-refractivity contribution in [2.75, 3.05) is 36.4 Å². The van der Waals surface area contributed by atoms with Gasteiger partial charge in [0.05, 0.1) is 25.2 Å². The van der Waals surface area contributed by atoms with Gasteiger partial charge >= 0.3 is 11.9 Å². The largest absolute Gasteiger partial charge is 0.508 e. The summed E-state index contributed by atoms with van der Waals surface area (Å²) in [6.07, 6.45) is 1.46. The number of thioether (sulfide) groups is 2. The van der Waals surface area contributed by atoms with E-state index in [0.29, 0.717) is 17.7 Å². The molecule has 0 aliphatic rings. The average Bonchev–Trinajstić information content (AvgIpc) is 3.36. The number of nitrogens with two attached hydrogens (primary N) is 1. The lowest BCUT2D eigenvalue weighted by molar-refractivity contribution is -0.144. The van der Waals surface area contributed by atoms with Crippen molar-refractivity contribution in [1.29, 1.82) is 0 Å². The Morgan fingerprint density at radius 1 is 0.584 bits per heavy atom. The minimum atomic E-state index is -1.76. The van der Waals surface area contributed by atoms with Crippen molar-refractivity contribution < 1.29 is 78.3 Å². The number of phenolic OH excluding ortho intramolecular Hbond substituents is 1. The number of hydrogen-bond donors (Lipinski definition) is 16. The van der Waals surface area contributed by atoms with Crippen molar-refractivity contribution in [1.82, 2.24) is 47.9 Å². The number of thiol groups is 1. The lowest BCUT2D eigenvalue weighted by Gasteiger charge is -2.29. The Bertz CT molecular complexity index is 2160. The molecule has 1 rings (SSSR count). The molecule has 0 radical (unpaired) electrons. The summed E-state index contributed by atoms with van der Waals surface area (Å²) in [6.45, 7) is 8.23. The molecule has 0 spiro atoms. The highest BCUT2D eigenvalue weighted by Crippen LogP contribution is 2.14. The number of carboxylic acid groups (broad SMARTS) is 2. The first-order chi connectivity index (χ1) is 36.1. The van der Waals surface area contributed by atoms with Crippen molar-refractivity contribution >= 4 is 101 Å². The normalized spacial score (nSPS) is 15.9. The van der Waals surface area contributed by atoms with E-state index < -0.39 is 151 Å².